The molecule has 0 radical (unpaired) electrons. The average Bonchev–Trinajstić information content (AvgIpc) is 2.56. The van der Waals surface area contributed by atoms with Crippen molar-refractivity contribution in [2.75, 3.05) is 46.3 Å². The third kappa shape index (κ3) is 4.24. The van der Waals surface area contributed by atoms with Crippen LogP contribution in [0.5, 0.6) is 5.75 Å². The highest BCUT2D eigenvalue weighted by atomic mass is 16.3. The number of phenolic OH excluding ortho intramolecular Hbond substituents is 1. The summed E-state index contributed by atoms with van der Waals surface area (Å²) >= 11 is 0. The number of nitrogens with zero attached hydrogens (tertiary/aromatic N) is 3. The summed E-state index contributed by atoms with van der Waals surface area (Å²) in [5.41, 5.74) is 1.13. The Labute approximate surface area is 138 Å². The van der Waals surface area contributed by atoms with Crippen molar-refractivity contribution in [2.45, 2.75) is 19.4 Å². The van der Waals surface area contributed by atoms with E-state index in [0.717, 1.165) is 64.2 Å². The van der Waals surface area contributed by atoms with Crippen molar-refractivity contribution in [1.82, 2.24) is 14.7 Å². The number of benzene rings is 1. The third-order valence-electron chi connectivity index (χ3n) is 5.07. The van der Waals surface area contributed by atoms with E-state index in [0.29, 0.717) is 11.7 Å². The lowest BCUT2D eigenvalue weighted by atomic mass is 9.94. The van der Waals surface area contributed by atoms with Crippen LogP contribution >= 0.6 is 0 Å². The maximum Gasteiger partial charge on any atom is 0.225 e. The Bertz CT molecular complexity index is 533. The fourth-order valence-corrected chi connectivity index (χ4v) is 3.54. The number of carbonyl (C=O) groups excluding carboxylic acids is 1. The lowest BCUT2D eigenvalue weighted by Crippen LogP contribution is -2.50. The maximum atomic E-state index is 12.6. The first-order chi connectivity index (χ1) is 11.1. The molecule has 1 amide bonds. The molecule has 0 saturated carbocycles. The van der Waals surface area contributed by atoms with Gasteiger partial charge in [-0.3, -0.25) is 9.69 Å². The molecule has 1 aromatic carbocycles. The Morgan fingerprint density at radius 1 is 1.13 bits per heavy atom. The van der Waals surface area contributed by atoms with E-state index in [9.17, 15) is 9.90 Å². The molecule has 0 spiro atoms. The minimum atomic E-state index is 0.193. The summed E-state index contributed by atoms with van der Waals surface area (Å²) in [6.07, 6.45) is 1.90. The van der Waals surface area contributed by atoms with E-state index in [-0.39, 0.29) is 5.92 Å². The van der Waals surface area contributed by atoms with Gasteiger partial charge in [-0.1, -0.05) is 12.1 Å². The van der Waals surface area contributed by atoms with Gasteiger partial charge in [0.25, 0.3) is 0 Å². The number of piperidine rings is 1. The second-order valence-electron chi connectivity index (χ2n) is 6.85. The summed E-state index contributed by atoms with van der Waals surface area (Å²) in [5, 5.41) is 9.55. The molecule has 2 heterocycles. The molecule has 126 valence electrons. The summed E-state index contributed by atoms with van der Waals surface area (Å²) in [7, 11) is 2.11. The molecule has 5 heteroatoms. The summed E-state index contributed by atoms with van der Waals surface area (Å²) < 4.78 is 0. The van der Waals surface area contributed by atoms with Crippen LogP contribution in [0.25, 0.3) is 0 Å². The predicted octanol–water partition coefficient (Wildman–Crippen LogP) is 1.38. The topological polar surface area (TPSA) is 47.0 Å². The number of amides is 1. The summed E-state index contributed by atoms with van der Waals surface area (Å²) in [5.74, 6) is 0.872. The standard InChI is InChI=1S/C18H27N3O2/c1-19-9-11-21(12-10-19)18(23)16-5-7-20(8-6-16)14-15-3-2-4-17(22)13-15/h2-4,13,16,22H,5-12,14H2,1H3. The van der Waals surface area contributed by atoms with Crippen LogP contribution in [0, 0.1) is 5.92 Å². The average molecular weight is 317 g/mol. The van der Waals surface area contributed by atoms with E-state index >= 15 is 0 Å². The number of aromatic hydroxyl groups is 1. The lowest BCUT2D eigenvalue weighted by Gasteiger charge is -2.37. The monoisotopic (exact) mass is 317 g/mol. The zero-order chi connectivity index (χ0) is 16.2. The molecule has 0 bridgehead atoms. The number of carbonyl (C=O) groups is 1. The van der Waals surface area contributed by atoms with Gasteiger partial charge in [-0.15, -0.1) is 0 Å². The molecular weight excluding hydrogens is 290 g/mol. The van der Waals surface area contributed by atoms with Crippen LogP contribution in [0.15, 0.2) is 24.3 Å². The minimum absolute atomic E-state index is 0.193. The van der Waals surface area contributed by atoms with Crippen LogP contribution < -0.4 is 0 Å². The number of rotatable bonds is 3. The van der Waals surface area contributed by atoms with E-state index in [1.165, 1.54) is 0 Å². The Kier molecular flexibility index (Phi) is 5.18. The second-order valence-corrected chi connectivity index (χ2v) is 6.85. The zero-order valence-corrected chi connectivity index (χ0v) is 13.9. The third-order valence-corrected chi connectivity index (χ3v) is 5.07. The second kappa shape index (κ2) is 7.32. The molecule has 2 aliphatic rings. The summed E-state index contributed by atoms with van der Waals surface area (Å²) in [4.78, 5) is 19.3. The molecule has 1 aromatic rings. The Morgan fingerprint density at radius 2 is 1.83 bits per heavy atom. The fourth-order valence-electron chi connectivity index (χ4n) is 3.54. The first kappa shape index (κ1) is 16.3. The van der Waals surface area contributed by atoms with Gasteiger partial charge in [0.05, 0.1) is 0 Å². The van der Waals surface area contributed by atoms with Crippen LogP contribution in [0.2, 0.25) is 0 Å². The molecule has 1 N–H and O–H groups in total. The molecule has 2 aliphatic heterocycles. The van der Waals surface area contributed by atoms with Crippen LogP contribution in [0.4, 0.5) is 0 Å². The van der Waals surface area contributed by atoms with Gasteiger partial charge in [-0.25, -0.2) is 0 Å². The summed E-state index contributed by atoms with van der Waals surface area (Å²) in [6, 6.07) is 7.45. The Morgan fingerprint density at radius 3 is 2.48 bits per heavy atom. The smallest absolute Gasteiger partial charge is 0.225 e. The van der Waals surface area contributed by atoms with Crippen molar-refractivity contribution in [1.29, 1.82) is 0 Å². The molecule has 5 nitrogen and oxygen atoms in total. The van der Waals surface area contributed by atoms with Crippen molar-refractivity contribution < 1.29 is 9.90 Å². The highest BCUT2D eigenvalue weighted by molar-refractivity contribution is 5.79. The number of phenols is 1. The minimum Gasteiger partial charge on any atom is -0.508 e. The molecule has 0 aromatic heterocycles. The van der Waals surface area contributed by atoms with Gasteiger partial charge in [-0.05, 0) is 50.7 Å². The molecule has 2 fully saturated rings. The Balaban J connectivity index is 1.47. The van der Waals surface area contributed by atoms with Crippen LogP contribution in [-0.4, -0.2) is 72.0 Å². The molecule has 23 heavy (non-hydrogen) atoms. The fraction of sp³-hybridized carbons (Fsp3) is 0.611. The van der Waals surface area contributed by atoms with Crippen LogP contribution in [0.3, 0.4) is 0 Å². The van der Waals surface area contributed by atoms with Gasteiger partial charge in [0.1, 0.15) is 5.75 Å². The van der Waals surface area contributed by atoms with Gasteiger partial charge < -0.3 is 14.9 Å². The maximum absolute atomic E-state index is 12.6. The zero-order valence-electron chi connectivity index (χ0n) is 13.9. The van der Waals surface area contributed by atoms with Crippen LogP contribution in [0.1, 0.15) is 18.4 Å². The molecule has 0 atom stereocenters. The van der Waals surface area contributed by atoms with Gasteiger partial charge in [0.15, 0.2) is 0 Å². The van der Waals surface area contributed by atoms with E-state index in [1.54, 1.807) is 6.07 Å². The van der Waals surface area contributed by atoms with E-state index in [4.69, 9.17) is 0 Å². The summed E-state index contributed by atoms with van der Waals surface area (Å²) in [6.45, 7) is 6.49. The number of hydrogen-bond acceptors (Lipinski definition) is 4. The highest BCUT2D eigenvalue weighted by Crippen LogP contribution is 2.22. The molecule has 3 rings (SSSR count). The highest BCUT2D eigenvalue weighted by Gasteiger charge is 2.29. The number of piperazine rings is 1. The molecule has 0 aliphatic carbocycles. The first-order valence-corrected chi connectivity index (χ1v) is 8.59. The molecule has 0 unspecified atom stereocenters. The van der Waals surface area contributed by atoms with Crippen LogP contribution in [-0.2, 0) is 11.3 Å². The van der Waals surface area contributed by atoms with E-state index in [1.807, 2.05) is 18.2 Å². The SMILES string of the molecule is CN1CCN(C(=O)C2CCN(Cc3cccc(O)c3)CC2)CC1. The molecule has 2 saturated heterocycles. The normalized spacial score (nSPS) is 21.5. The predicted molar refractivity (Wildman–Crippen MR) is 90.2 cm³/mol. The van der Waals surface area contributed by atoms with Gasteiger partial charge in [0, 0.05) is 38.6 Å². The van der Waals surface area contributed by atoms with Crippen molar-refractivity contribution in [3.8, 4) is 5.75 Å². The quantitative estimate of drug-likeness (QED) is 0.915. The van der Waals surface area contributed by atoms with Crippen molar-refractivity contribution in [3.05, 3.63) is 29.8 Å². The van der Waals surface area contributed by atoms with Gasteiger partial charge >= 0.3 is 0 Å². The van der Waals surface area contributed by atoms with E-state index in [2.05, 4.69) is 21.7 Å². The number of likely N-dealkylation sites (N-methyl/N-ethyl adjacent to an activating group) is 1. The van der Waals surface area contributed by atoms with Gasteiger partial charge in [0.2, 0.25) is 5.91 Å². The number of hydrogen-bond donors (Lipinski definition) is 1. The van der Waals surface area contributed by atoms with Crippen molar-refractivity contribution in [3.63, 3.8) is 0 Å². The van der Waals surface area contributed by atoms with Crippen molar-refractivity contribution in [2.24, 2.45) is 5.92 Å². The van der Waals surface area contributed by atoms with Crippen molar-refractivity contribution >= 4 is 5.91 Å². The first-order valence-electron chi connectivity index (χ1n) is 8.59. The van der Waals surface area contributed by atoms with E-state index < -0.39 is 0 Å². The number of likely N-dealkylation sites (tertiary alicyclic amines) is 1. The van der Waals surface area contributed by atoms with Gasteiger partial charge in [-0.2, -0.15) is 0 Å². The lowest BCUT2D eigenvalue weighted by molar-refractivity contribution is -0.138. The Hall–Kier alpha value is -1.59. The largest absolute Gasteiger partial charge is 0.508 e. The molecular formula is C18H27N3O2.